The molecule has 0 radical (unpaired) electrons. The van der Waals surface area contributed by atoms with Gasteiger partial charge in [0.2, 0.25) is 0 Å². The van der Waals surface area contributed by atoms with Gasteiger partial charge in [0.1, 0.15) is 6.04 Å². The maximum Gasteiger partial charge on any atom is 0.320 e. The Morgan fingerprint density at radius 3 is 2.84 bits per heavy atom. The summed E-state index contributed by atoms with van der Waals surface area (Å²) >= 11 is 3.13. The Labute approximate surface area is 115 Å². The van der Waals surface area contributed by atoms with Crippen molar-refractivity contribution < 1.29 is 14.8 Å². The summed E-state index contributed by atoms with van der Waals surface area (Å²) in [7, 11) is 0. The highest BCUT2D eigenvalue weighted by molar-refractivity contribution is 9.10. The van der Waals surface area contributed by atoms with E-state index < -0.39 is 16.9 Å². The molecule has 2 rings (SSSR count). The van der Waals surface area contributed by atoms with Crippen LogP contribution in [0, 0.1) is 10.1 Å². The van der Waals surface area contributed by atoms with Crippen LogP contribution in [0.15, 0.2) is 22.8 Å². The lowest BCUT2D eigenvalue weighted by Crippen LogP contribution is -2.32. The molecule has 0 unspecified atom stereocenters. The van der Waals surface area contributed by atoms with Crippen LogP contribution >= 0.6 is 15.9 Å². The molecule has 19 heavy (non-hydrogen) atoms. The molecule has 0 amide bonds. The Kier molecular flexibility index (Phi) is 3.54. The lowest BCUT2D eigenvalue weighted by molar-refractivity contribution is -0.383. The van der Waals surface area contributed by atoms with E-state index in [1.807, 2.05) is 0 Å². The standard InChI is InChI=1S/C11H10BrN3O4/c12-6-1-2-8-9(10(6)15(18)19)5(4-14-8)3-7(13)11(16)17/h1-2,4,7,14H,3,13H2,(H,16,17)/t7-/m0/s1. The molecule has 1 aromatic heterocycles. The second-order valence-corrected chi connectivity index (χ2v) is 4.89. The molecule has 0 aliphatic carbocycles. The van der Waals surface area contributed by atoms with Crippen molar-refractivity contribution >= 4 is 38.5 Å². The Bertz CT molecular complexity index is 667. The van der Waals surface area contributed by atoms with Gasteiger partial charge in [-0.3, -0.25) is 14.9 Å². The molecule has 2 aromatic rings. The predicted molar refractivity (Wildman–Crippen MR) is 72.0 cm³/mol. The number of nitrogens with zero attached hydrogens (tertiary/aromatic N) is 1. The Hall–Kier alpha value is -1.93. The van der Waals surface area contributed by atoms with E-state index in [2.05, 4.69) is 20.9 Å². The molecular weight excluding hydrogens is 318 g/mol. The van der Waals surface area contributed by atoms with E-state index in [-0.39, 0.29) is 12.1 Å². The van der Waals surface area contributed by atoms with Gasteiger partial charge in [-0.15, -0.1) is 0 Å². The number of H-pyrrole nitrogens is 1. The number of hydrogen-bond acceptors (Lipinski definition) is 4. The summed E-state index contributed by atoms with van der Waals surface area (Å²) in [6, 6.07) is 2.15. The average Bonchev–Trinajstić information content (AvgIpc) is 2.71. The number of rotatable bonds is 4. The molecule has 0 bridgehead atoms. The fraction of sp³-hybridized carbons (Fsp3) is 0.182. The van der Waals surface area contributed by atoms with E-state index in [1.165, 1.54) is 0 Å². The topological polar surface area (TPSA) is 122 Å². The van der Waals surface area contributed by atoms with Crippen molar-refractivity contribution in [3.8, 4) is 0 Å². The number of aromatic nitrogens is 1. The summed E-state index contributed by atoms with van der Waals surface area (Å²) in [5, 5.41) is 20.3. The number of aromatic amines is 1. The maximum absolute atomic E-state index is 11.1. The number of nitro groups is 1. The lowest BCUT2D eigenvalue weighted by Gasteiger charge is -2.05. The molecule has 4 N–H and O–H groups in total. The second kappa shape index (κ2) is 4.98. The zero-order valence-electron chi connectivity index (χ0n) is 9.59. The summed E-state index contributed by atoms with van der Waals surface area (Å²) in [5.74, 6) is -1.15. The number of nitrogens with one attached hydrogen (secondary N) is 1. The highest BCUT2D eigenvalue weighted by atomic mass is 79.9. The molecule has 1 atom stereocenters. The third-order valence-electron chi connectivity index (χ3n) is 2.79. The van der Waals surface area contributed by atoms with Gasteiger partial charge in [-0.05, 0) is 33.6 Å². The first-order valence-electron chi connectivity index (χ1n) is 5.33. The molecule has 7 nitrogen and oxygen atoms in total. The minimum atomic E-state index is -1.15. The van der Waals surface area contributed by atoms with Crippen molar-refractivity contribution in [3.63, 3.8) is 0 Å². The molecular formula is C11H10BrN3O4. The summed E-state index contributed by atoms with van der Waals surface area (Å²) in [5.41, 5.74) is 6.46. The Morgan fingerprint density at radius 2 is 2.26 bits per heavy atom. The fourth-order valence-electron chi connectivity index (χ4n) is 1.91. The number of hydrogen-bond donors (Lipinski definition) is 3. The number of fused-ring (bicyclic) bond motifs is 1. The van der Waals surface area contributed by atoms with Gasteiger partial charge >= 0.3 is 5.97 Å². The first kappa shape index (κ1) is 13.5. The zero-order chi connectivity index (χ0) is 14.2. The molecule has 0 saturated carbocycles. The number of nitrogens with two attached hydrogens (primary N) is 1. The average molecular weight is 328 g/mol. The van der Waals surface area contributed by atoms with E-state index in [0.29, 0.717) is 20.9 Å². The number of carbonyl (C=O) groups is 1. The van der Waals surface area contributed by atoms with E-state index in [0.717, 1.165) is 0 Å². The lowest BCUT2D eigenvalue weighted by atomic mass is 10.0. The van der Waals surface area contributed by atoms with Gasteiger partial charge in [-0.1, -0.05) is 0 Å². The minimum Gasteiger partial charge on any atom is -0.480 e. The maximum atomic E-state index is 11.1. The van der Waals surface area contributed by atoms with Crippen LogP contribution in [0.2, 0.25) is 0 Å². The van der Waals surface area contributed by atoms with Crippen LogP contribution in [-0.4, -0.2) is 27.0 Å². The van der Waals surface area contributed by atoms with Crippen molar-refractivity contribution in [2.45, 2.75) is 12.5 Å². The van der Waals surface area contributed by atoms with Crippen LogP contribution in [0.5, 0.6) is 0 Å². The SMILES string of the molecule is N[C@@H](Cc1c[nH]c2ccc(Br)c([N+](=O)[O-])c12)C(=O)O. The third-order valence-corrected chi connectivity index (χ3v) is 3.43. The first-order valence-corrected chi connectivity index (χ1v) is 6.12. The van der Waals surface area contributed by atoms with E-state index in [9.17, 15) is 14.9 Å². The van der Waals surface area contributed by atoms with Crippen LogP contribution in [-0.2, 0) is 11.2 Å². The van der Waals surface area contributed by atoms with Crippen LogP contribution in [0.4, 0.5) is 5.69 Å². The van der Waals surface area contributed by atoms with Crippen LogP contribution in [0.1, 0.15) is 5.56 Å². The van der Waals surface area contributed by atoms with Crippen LogP contribution in [0.3, 0.4) is 0 Å². The van der Waals surface area contributed by atoms with E-state index in [1.54, 1.807) is 18.3 Å². The van der Waals surface area contributed by atoms with Crippen LogP contribution in [0.25, 0.3) is 10.9 Å². The van der Waals surface area contributed by atoms with Crippen molar-refractivity contribution in [3.05, 3.63) is 38.5 Å². The fourth-order valence-corrected chi connectivity index (χ4v) is 2.39. The van der Waals surface area contributed by atoms with Gasteiger partial charge in [0.05, 0.1) is 20.3 Å². The summed E-state index contributed by atoms with van der Waals surface area (Å²) in [6.07, 6.45) is 1.57. The van der Waals surface area contributed by atoms with Crippen molar-refractivity contribution in [2.24, 2.45) is 5.73 Å². The normalized spacial score (nSPS) is 12.5. The summed E-state index contributed by atoms with van der Waals surface area (Å²) in [6.45, 7) is 0. The number of aliphatic carboxylic acids is 1. The molecule has 100 valence electrons. The van der Waals surface area contributed by atoms with Gasteiger partial charge in [-0.2, -0.15) is 0 Å². The van der Waals surface area contributed by atoms with Gasteiger partial charge in [0, 0.05) is 12.6 Å². The molecule has 0 spiro atoms. The number of benzene rings is 1. The van der Waals surface area contributed by atoms with Crippen molar-refractivity contribution in [2.75, 3.05) is 0 Å². The highest BCUT2D eigenvalue weighted by Crippen LogP contribution is 2.35. The Morgan fingerprint density at radius 1 is 1.58 bits per heavy atom. The predicted octanol–water partition coefficient (Wildman–Crippen LogP) is 1.79. The second-order valence-electron chi connectivity index (χ2n) is 4.04. The Balaban J connectivity index is 2.60. The number of carboxylic acid groups (broad SMARTS) is 1. The molecule has 1 heterocycles. The van der Waals surface area contributed by atoms with E-state index >= 15 is 0 Å². The van der Waals surface area contributed by atoms with Gasteiger partial charge in [0.25, 0.3) is 5.69 Å². The monoisotopic (exact) mass is 327 g/mol. The third kappa shape index (κ3) is 2.45. The van der Waals surface area contributed by atoms with Gasteiger partial charge in [0.15, 0.2) is 0 Å². The van der Waals surface area contributed by atoms with Gasteiger partial charge < -0.3 is 15.8 Å². The summed E-state index contributed by atoms with van der Waals surface area (Å²) in [4.78, 5) is 24.3. The van der Waals surface area contributed by atoms with Crippen molar-refractivity contribution in [1.82, 2.24) is 4.98 Å². The number of halogens is 1. The minimum absolute atomic E-state index is 0.0205. The largest absolute Gasteiger partial charge is 0.480 e. The van der Waals surface area contributed by atoms with Crippen LogP contribution < -0.4 is 5.73 Å². The molecule has 0 aliphatic heterocycles. The molecule has 0 aliphatic rings. The number of nitro benzene ring substituents is 1. The molecule has 0 fully saturated rings. The number of carboxylic acids is 1. The van der Waals surface area contributed by atoms with E-state index in [4.69, 9.17) is 10.8 Å². The zero-order valence-corrected chi connectivity index (χ0v) is 11.2. The summed E-state index contributed by atoms with van der Waals surface area (Å²) < 4.78 is 0.342. The van der Waals surface area contributed by atoms with Gasteiger partial charge in [-0.25, -0.2) is 0 Å². The van der Waals surface area contributed by atoms with Crippen molar-refractivity contribution in [1.29, 1.82) is 0 Å². The first-order chi connectivity index (χ1) is 8.91. The smallest absolute Gasteiger partial charge is 0.320 e. The molecule has 8 heteroatoms. The highest BCUT2D eigenvalue weighted by Gasteiger charge is 2.23. The molecule has 0 saturated heterocycles. The molecule has 1 aromatic carbocycles. The quantitative estimate of drug-likeness (QED) is 0.583.